The third kappa shape index (κ3) is 1.59. The maximum absolute atomic E-state index is 12.6. The summed E-state index contributed by atoms with van der Waals surface area (Å²) in [6.45, 7) is 4.01. The fourth-order valence-electron chi connectivity index (χ4n) is 2.25. The molecule has 0 unspecified atom stereocenters. The van der Waals surface area contributed by atoms with Crippen LogP contribution >= 0.6 is 11.3 Å². The Bertz CT molecular complexity index is 736. The number of H-pyrrole nitrogens is 1. The molecule has 2 aromatic heterocycles. The standard InChI is InChI=1S/C15H13NOS/c1-9-5-3-4-6-11(9)14(17)12-7-16-15-13(12)10(2)8-18-15/h3-8,16H,1-2H3. The summed E-state index contributed by atoms with van der Waals surface area (Å²) in [5.41, 5.74) is 3.74. The quantitative estimate of drug-likeness (QED) is 0.688. The summed E-state index contributed by atoms with van der Waals surface area (Å²) in [5, 5.41) is 3.14. The zero-order valence-corrected chi connectivity index (χ0v) is 11.1. The fourth-order valence-corrected chi connectivity index (χ4v) is 3.18. The number of fused-ring (bicyclic) bond motifs is 1. The van der Waals surface area contributed by atoms with E-state index < -0.39 is 0 Å². The number of aromatic nitrogens is 1. The van der Waals surface area contributed by atoms with E-state index >= 15 is 0 Å². The van der Waals surface area contributed by atoms with E-state index in [-0.39, 0.29) is 5.78 Å². The van der Waals surface area contributed by atoms with Crippen molar-refractivity contribution in [3.8, 4) is 0 Å². The molecule has 0 saturated heterocycles. The Labute approximate surface area is 109 Å². The van der Waals surface area contributed by atoms with Crippen molar-refractivity contribution in [2.75, 3.05) is 0 Å². The highest BCUT2D eigenvalue weighted by Gasteiger charge is 2.17. The Kier molecular flexibility index (Phi) is 2.56. The van der Waals surface area contributed by atoms with Gasteiger partial charge < -0.3 is 4.98 Å². The van der Waals surface area contributed by atoms with Gasteiger partial charge in [0.05, 0.1) is 0 Å². The molecular formula is C15H13NOS. The Morgan fingerprint density at radius 2 is 1.89 bits per heavy atom. The van der Waals surface area contributed by atoms with Gasteiger partial charge in [0.15, 0.2) is 5.78 Å². The van der Waals surface area contributed by atoms with Gasteiger partial charge in [-0.2, -0.15) is 0 Å². The van der Waals surface area contributed by atoms with E-state index in [9.17, 15) is 4.79 Å². The van der Waals surface area contributed by atoms with E-state index in [0.717, 1.165) is 32.5 Å². The zero-order valence-electron chi connectivity index (χ0n) is 10.3. The van der Waals surface area contributed by atoms with Gasteiger partial charge in [0.25, 0.3) is 0 Å². The molecule has 2 nitrogen and oxygen atoms in total. The highest BCUT2D eigenvalue weighted by molar-refractivity contribution is 7.17. The van der Waals surface area contributed by atoms with E-state index in [1.807, 2.05) is 44.3 Å². The molecule has 0 aliphatic rings. The van der Waals surface area contributed by atoms with Crippen LogP contribution in [0.1, 0.15) is 27.0 Å². The fraction of sp³-hybridized carbons (Fsp3) is 0.133. The number of aromatic amines is 1. The maximum atomic E-state index is 12.6. The van der Waals surface area contributed by atoms with Crippen LogP contribution in [0.25, 0.3) is 10.2 Å². The second-order valence-corrected chi connectivity index (χ2v) is 5.35. The van der Waals surface area contributed by atoms with Gasteiger partial charge in [-0.15, -0.1) is 11.3 Å². The summed E-state index contributed by atoms with van der Waals surface area (Å²) in [5.74, 6) is 0.0980. The van der Waals surface area contributed by atoms with Gasteiger partial charge >= 0.3 is 0 Å². The van der Waals surface area contributed by atoms with E-state index in [1.165, 1.54) is 0 Å². The SMILES string of the molecule is Cc1ccccc1C(=O)c1c[nH]c2scc(C)c12. The Hall–Kier alpha value is -1.87. The van der Waals surface area contributed by atoms with Crippen LogP contribution in [0.4, 0.5) is 0 Å². The first-order chi connectivity index (χ1) is 8.68. The van der Waals surface area contributed by atoms with Crippen molar-refractivity contribution >= 4 is 27.3 Å². The van der Waals surface area contributed by atoms with Crippen molar-refractivity contribution < 1.29 is 4.79 Å². The molecule has 0 fully saturated rings. The molecule has 1 N–H and O–H groups in total. The molecule has 0 bridgehead atoms. The van der Waals surface area contributed by atoms with Gasteiger partial charge in [-0.3, -0.25) is 4.79 Å². The van der Waals surface area contributed by atoms with Gasteiger partial charge in [-0.05, 0) is 30.4 Å². The summed E-state index contributed by atoms with van der Waals surface area (Å²) in [6.07, 6.45) is 1.82. The average Bonchev–Trinajstić information content (AvgIpc) is 2.93. The number of nitrogens with one attached hydrogen (secondary N) is 1. The second-order valence-electron chi connectivity index (χ2n) is 4.47. The number of aryl methyl sites for hydroxylation is 2. The van der Waals surface area contributed by atoms with Crippen molar-refractivity contribution in [3.05, 3.63) is 58.1 Å². The van der Waals surface area contributed by atoms with Gasteiger partial charge in [0.1, 0.15) is 4.83 Å². The molecule has 3 heteroatoms. The molecule has 18 heavy (non-hydrogen) atoms. The van der Waals surface area contributed by atoms with Crippen molar-refractivity contribution in [1.29, 1.82) is 0 Å². The zero-order chi connectivity index (χ0) is 12.7. The normalized spacial score (nSPS) is 11.0. The highest BCUT2D eigenvalue weighted by atomic mass is 32.1. The predicted octanol–water partition coefficient (Wildman–Crippen LogP) is 4.08. The number of hydrogen-bond donors (Lipinski definition) is 1. The Morgan fingerprint density at radius 3 is 2.67 bits per heavy atom. The lowest BCUT2D eigenvalue weighted by Gasteiger charge is -2.03. The number of rotatable bonds is 2. The van der Waals surface area contributed by atoms with Crippen LogP contribution in [0.5, 0.6) is 0 Å². The number of benzene rings is 1. The maximum Gasteiger partial charge on any atom is 0.195 e. The minimum Gasteiger partial charge on any atom is -0.352 e. The van der Waals surface area contributed by atoms with Gasteiger partial charge in [0.2, 0.25) is 0 Å². The van der Waals surface area contributed by atoms with Crippen LogP contribution in [0, 0.1) is 13.8 Å². The van der Waals surface area contributed by atoms with Gasteiger partial charge in [-0.25, -0.2) is 0 Å². The van der Waals surface area contributed by atoms with E-state index in [1.54, 1.807) is 11.3 Å². The van der Waals surface area contributed by atoms with Gasteiger partial charge in [-0.1, -0.05) is 24.3 Å². The summed E-state index contributed by atoms with van der Waals surface area (Å²) in [6, 6.07) is 7.72. The topological polar surface area (TPSA) is 32.9 Å². The molecule has 1 aromatic carbocycles. The van der Waals surface area contributed by atoms with E-state index in [0.29, 0.717) is 0 Å². The minimum atomic E-state index is 0.0980. The Balaban J connectivity index is 2.18. The molecule has 0 saturated carbocycles. The van der Waals surface area contributed by atoms with Crippen molar-refractivity contribution in [1.82, 2.24) is 4.98 Å². The monoisotopic (exact) mass is 255 g/mol. The highest BCUT2D eigenvalue weighted by Crippen LogP contribution is 2.29. The Morgan fingerprint density at radius 1 is 1.11 bits per heavy atom. The molecule has 0 radical (unpaired) electrons. The summed E-state index contributed by atoms with van der Waals surface area (Å²) in [7, 11) is 0. The van der Waals surface area contributed by atoms with Crippen molar-refractivity contribution in [2.45, 2.75) is 13.8 Å². The number of ketones is 1. The summed E-state index contributed by atoms with van der Waals surface area (Å²) >= 11 is 1.64. The smallest absolute Gasteiger partial charge is 0.195 e. The molecule has 0 atom stereocenters. The van der Waals surface area contributed by atoms with E-state index in [4.69, 9.17) is 0 Å². The first kappa shape index (κ1) is 11.2. The lowest BCUT2D eigenvalue weighted by atomic mass is 9.99. The van der Waals surface area contributed by atoms with Gasteiger partial charge in [0, 0.05) is 22.7 Å². The molecule has 0 aliphatic carbocycles. The average molecular weight is 255 g/mol. The molecule has 0 amide bonds. The number of carbonyl (C=O) groups excluding carboxylic acids is 1. The molecule has 90 valence electrons. The molecule has 2 heterocycles. The predicted molar refractivity (Wildman–Crippen MR) is 75.5 cm³/mol. The number of hydrogen-bond acceptors (Lipinski definition) is 2. The third-order valence-electron chi connectivity index (χ3n) is 3.23. The largest absolute Gasteiger partial charge is 0.352 e. The minimum absolute atomic E-state index is 0.0980. The first-order valence-corrected chi connectivity index (χ1v) is 6.72. The summed E-state index contributed by atoms with van der Waals surface area (Å²) in [4.78, 5) is 16.8. The lowest BCUT2D eigenvalue weighted by molar-refractivity contribution is 0.103. The van der Waals surface area contributed by atoms with Crippen molar-refractivity contribution in [3.63, 3.8) is 0 Å². The summed E-state index contributed by atoms with van der Waals surface area (Å²) < 4.78 is 0. The van der Waals surface area contributed by atoms with Crippen molar-refractivity contribution in [2.24, 2.45) is 0 Å². The van der Waals surface area contributed by atoms with Crippen LogP contribution in [0.15, 0.2) is 35.8 Å². The third-order valence-corrected chi connectivity index (χ3v) is 4.26. The first-order valence-electron chi connectivity index (χ1n) is 5.84. The molecule has 0 aliphatic heterocycles. The van der Waals surface area contributed by atoms with E-state index in [2.05, 4.69) is 10.4 Å². The van der Waals surface area contributed by atoms with Crippen LogP contribution in [-0.4, -0.2) is 10.8 Å². The number of thiophene rings is 1. The van der Waals surface area contributed by atoms with Crippen LogP contribution in [0.2, 0.25) is 0 Å². The molecular weight excluding hydrogens is 242 g/mol. The second kappa shape index (κ2) is 4.10. The number of carbonyl (C=O) groups is 1. The molecule has 0 spiro atoms. The van der Waals surface area contributed by atoms with Crippen LogP contribution in [0.3, 0.4) is 0 Å². The van der Waals surface area contributed by atoms with Crippen LogP contribution < -0.4 is 0 Å². The molecule has 3 aromatic rings. The lowest BCUT2D eigenvalue weighted by Crippen LogP contribution is -2.02. The molecule has 3 rings (SSSR count). The van der Waals surface area contributed by atoms with Crippen LogP contribution in [-0.2, 0) is 0 Å².